The van der Waals surface area contributed by atoms with Crippen molar-refractivity contribution in [1.82, 2.24) is 10.6 Å². The molecule has 4 N–H and O–H groups in total. The van der Waals surface area contributed by atoms with Crippen molar-refractivity contribution in [3.05, 3.63) is 36.5 Å². The molecule has 294 valence electrons. The summed E-state index contributed by atoms with van der Waals surface area (Å²) in [4.78, 5) is 47.4. The van der Waals surface area contributed by atoms with Crippen LogP contribution in [0.4, 0.5) is 0 Å². The number of hydrogen-bond donors (Lipinski definition) is 4. The van der Waals surface area contributed by atoms with Crippen LogP contribution in [-0.2, 0) is 23.9 Å². The van der Waals surface area contributed by atoms with Crippen molar-refractivity contribution in [3.8, 4) is 0 Å². The van der Waals surface area contributed by atoms with Gasteiger partial charge in [-0.2, -0.15) is 0 Å². The molecule has 0 aliphatic rings. The first-order chi connectivity index (χ1) is 24.8. The second-order valence-electron chi connectivity index (χ2n) is 13.7. The lowest BCUT2D eigenvalue weighted by Crippen LogP contribution is -2.47. The fourth-order valence-corrected chi connectivity index (χ4v) is 5.64. The van der Waals surface area contributed by atoms with E-state index in [1.54, 1.807) is 0 Å². The molecule has 0 radical (unpaired) electrons. The minimum Gasteiger partial charge on any atom is -0.480 e. The second kappa shape index (κ2) is 36.8. The zero-order valence-corrected chi connectivity index (χ0v) is 32.4. The SMILES string of the molecule is CCCC/C=C\C/C=C\C(CCCCCCC(=O)NCC(=O)NC(CO)C(=O)O)OC(=O)CCCCCCCCC/C=C\CCCCCCCC. The van der Waals surface area contributed by atoms with Gasteiger partial charge in [-0.15, -0.1) is 0 Å². The normalized spacial score (nSPS) is 12.8. The largest absolute Gasteiger partial charge is 0.480 e. The molecule has 2 unspecified atom stereocenters. The Labute approximate surface area is 310 Å². The average molecular weight is 719 g/mol. The molecule has 0 heterocycles. The number of aliphatic hydroxyl groups is 1. The quantitative estimate of drug-likeness (QED) is 0.0287. The molecular formula is C42H74N2O7. The zero-order valence-electron chi connectivity index (χ0n) is 32.4. The number of amides is 2. The molecule has 0 aliphatic heterocycles. The van der Waals surface area contributed by atoms with Gasteiger partial charge in [-0.3, -0.25) is 14.4 Å². The number of aliphatic carboxylic acids is 1. The molecule has 0 aromatic rings. The number of nitrogens with one attached hydrogen (secondary N) is 2. The highest BCUT2D eigenvalue weighted by molar-refractivity contribution is 5.87. The smallest absolute Gasteiger partial charge is 0.328 e. The maximum absolute atomic E-state index is 12.7. The van der Waals surface area contributed by atoms with Gasteiger partial charge < -0.3 is 25.6 Å². The number of ether oxygens (including phenoxy) is 1. The summed E-state index contributed by atoms with van der Waals surface area (Å²) in [6, 6.07) is -1.39. The number of carbonyl (C=O) groups excluding carboxylic acids is 3. The van der Waals surface area contributed by atoms with Crippen LogP contribution in [-0.4, -0.2) is 59.3 Å². The number of unbranched alkanes of at least 4 members (excludes halogenated alkanes) is 18. The van der Waals surface area contributed by atoms with Crippen molar-refractivity contribution in [2.75, 3.05) is 13.2 Å². The Morgan fingerprint density at radius 2 is 1.14 bits per heavy atom. The lowest BCUT2D eigenvalue weighted by atomic mass is 10.1. The van der Waals surface area contributed by atoms with Crippen LogP contribution in [0.25, 0.3) is 0 Å². The summed E-state index contributed by atoms with van der Waals surface area (Å²) in [6.45, 7) is 3.38. The molecule has 0 saturated heterocycles. The Bertz CT molecular complexity index is 963. The summed E-state index contributed by atoms with van der Waals surface area (Å²) >= 11 is 0. The number of carbonyl (C=O) groups is 4. The highest BCUT2D eigenvalue weighted by atomic mass is 16.5. The highest BCUT2D eigenvalue weighted by Crippen LogP contribution is 2.15. The topological polar surface area (TPSA) is 142 Å². The van der Waals surface area contributed by atoms with Crippen molar-refractivity contribution in [2.24, 2.45) is 0 Å². The lowest BCUT2D eigenvalue weighted by molar-refractivity contribution is -0.147. The van der Waals surface area contributed by atoms with Gasteiger partial charge in [0, 0.05) is 12.8 Å². The molecule has 0 aliphatic carbocycles. The number of carboxylic acids is 1. The van der Waals surface area contributed by atoms with Crippen molar-refractivity contribution < 1.29 is 34.1 Å². The van der Waals surface area contributed by atoms with Crippen LogP contribution < -0.4 is 10.6 Å². The maximum atomic E-state index is 12.7. The number of esters is 1. The summed E-state index contributed by atoms with van der Waals surface area (Å²) in [5.41, 5.74) is 0. The summed E-state index contributed by atoms with van der Waals surface area (Å²) in [7, 11) is 0. The molecule has 0 fully saturated rings. The molecular weight excluding hydrogens is 644 g/mol. The number of hydrogen-bond acceptors (Lipinski definition) is 6. The van der Waals surface area contributed by atoms with Crippen molar-refractivity contribution in [3.63, 3.8) is 0 Å². The molecule has 9 heteroatoms. The van der Waals surface area contributed by atoms with E-state index in [1.807, 2.05) is 6.08 Å². The first-order valence-electron chi connectivity index (χ1n) is 20.4. The summed E-state index contributed by atoms with van der Waals surface area (Å²) < 4.78 is 5.86. The predicted molar refractivity (Wildman–Crippen MR) is 208 cm³/mol. The first kappa shape index (κ1) is 48.1. The van der Waals surface area contributed by atoms with E-state index in [-0.39, 0.29) is 30.9 Å². The van der Waals surface area contributed by atoms with E-state index in [0.29, 0.717) is 12.8 Å². The Balaban J connectivity index is 4.22. The van der Waals surface area contributed by atoms with Crippen LogP contribution in [0.15, 0.2) is 36.5 Å². The minimum absolute atomic E-state index is 0.134. The van der Waals surface area contributed by atoms with Crippen LogP contribution in [0.3, 0.4) is 0 Å². The number of allylic oxidation sites excluding steroid dienone is 5. The molecule has 0 rings (SSSR count). The summed E-state index contributed by atoms with van der Waals surface area (Å²) in [5, 5.41) is 22.5. The van der Waals surface area contributed by atoms with Crippen LogP contribution in [0.5, 0.6) is 0 Å². The fraction of sp³-hybridized carbons (Fsp3) is 0.762. The number of rotatable bonds is 36. The number of aliphatic hydroxyl groups excluding tert-OH is 1. The standard InChI is InChI=1S/C42H74N2O7/c1-3-5-7-9-11-12-13-14-15-16-17-18-19-20-22-24-30-34-41(48)51-37(31-27-23-21-10-8-6-4-2)32-28-25-26-29-33-39(46)43-35-40(47)44-38(36-45)42(49)50/h10,14-15,21,27,31,37-38,45H,3-9,11-13,16-20,22-26,28-30,32-36H2,1-2H3,(H,43,46)(H,44,47)(H,49,50)/b15-14-,21-10-,31-27-. The molecule has 0 spiro atoms. The third-order valence-corrected chi connectivity index (χ3v) is 8.84. The molecule has 0 bridgehead atoms. The van der Waals surface area contributed by atoms with Gasteiger partial charge in [-0.1, -0.05) is 134 Å². The molecule has 51 heavy (non-hydrogen) atoms. The highest BCUT2D eigenvalue weighted by Gasteiger charge is 2.18. The summed E-state index contributed by atoms with van der Waals surface area (Å²) in [5.74, 6) is -2.43. The van der Waals surface area contributed by atoms with Gasteiger partial charge in [0.1, 0.15) is 12.1 Å². The molecule has 0 saturated carbocycles. The monoisotopic (exact) mass is 719 g/mol. The molecule has 9 nitrogen and oxygen atoms in total. The molecule has 0 aromatic carbocycles. The van der Waals surface area contributed by atoms with E-state index in [9.17, 15) is 19.2 Å². The van der Waals surface area contributed by atoms with E-state index in [1.165, 1.54) is 89.9 Å². The lowest BCUT2D eigenvalue weighted by Gasteiger charge is -2.15. The fourth-order valence-electron chi connectivity index (χ4n) is 5.64. The van der Waals surface area contributed by atoms with Gasteiger partial charge in [0.05, 0.1) is 13.2 Å². The van der Waals surface area contributed by atoms with Crippen LogP contribution >= 0.6 is 0 Å². The zero-order chi connectivity index (χ0) is 37.6. The Kier molecular flexibility index (Phi) is 34.7. The van der Waals surface area contributed by atoms with Gasteiger partial charge in [0.25, 0.3) is 0 Å². The van der Waals surface area contributed by atoms with E-state index in [4.69, 9.17) is 14.9 Å². The molecule has 0 aromatic heterocycles. The van der Waals surface area contributed by atoms with Gasteiger partial charge in [-0.05, 0) is 70.3 Å². The molecule has 2 atom stereocenters. The van der Waals surface area contributed by atoms with Crippen LogP contribution in [0.1, 0.15) is 181 Å². The van der Waals surface area contributed by atoms with Crippen molar-refractivity contribution in [2.45, 2.75) is 193 Å². The third-order valence-electron chi connectivity index (χ3n) is 8.84. The van der Waals surface area contributed by atoms with E-state index < -0.39 is 24.5 Å². The average Bonchev–Trinajstić information content (AvgIpc) is 3.11. The van der Waals surface area contributed by atoms with Gasteiger partial charge in [0.15, 0.2) is 0 Å². The van der Waals surface area contributed by atoms with Gasteiger partial charge in [0.2, 0.25) is 11.8 Å². The first-order valence-corrected chi connectivity index (χ1v) is 20.4. The van der Waals surface area contributed by atoms with E-state index in [0.717, 1.165) is 57.8 Å². The van der Waals surface area contributed by atoms with Crippen LogP contribution in [0.2, 0.25) is 0 Å². The van der Waals surface area contributed by atoms with Crippen molar-refractivity contribution >= 4 is 23.8 Å². The van der Waals surface area contributed by atoms with E-state index >= 15 is 0 Å². The maximum Gasteiger partial charge on any atom is 0.328 e. The minimum atomic E-state index is -1.39. The summed E-state index contributed by atoms with van der Waals surface area (Å²) in [6.07, 6.45) is 40.5. The third kappa shape index (κ3) is 33.9. The predicted octanol–water partition coefficient (Wildman–Crippen LogP) is 9.43. The Morgan fingerprint density at radius 3 is 1.75 bits per heavy atom. The van der Waals surface area contributed by atoms with E-state index in [2.05, 4.69) is 54.9 Å². The van der Waals surface area contributed by atoms with Crippen molar-refractivity contribution in [1.29, 1.82) is 0 Å². The molecule has 2 amide bonds. The van der Waals surface area contributed by atoms with Gasteiger partial charge in [-0.25, -0.2) is 4.79 Å². The Hall–Kier alpha value is -2.94. The van der Waals surface area contributed by atoms with Crippen LogP contribution in [0, 0.1) is 0 Å². The Morgan fingerprint density at radius 1 is 0.608 bits per heavy atom. The van der Waals surface area contributed by atoms with Gasteiger partial charge >= 0.3 is 11.9 Å². The second-order valence-corrected chi connectivity index (χ2v) is 13.7. The number of carboxylic acid groups (broad SMARTS) is 1.